The molecule has 3 N–H and O–H groups in total. The average molecular weight is 184 g/mol. The van der Waals surface area contributed by atoms with E-state index >= 15 is 0 Å². The average Bonchev–Trinajstić information content (AvgIpc) is 2.08. The van der Waals surface area contributed by atoms with Gasteiger partial charge in [0, 0.05) is 0 Å². The lowest BCUT2D eigenvalue weighted by molar-refractivity contribution is -0.246. The van der Waals surface area contributed by atoms with Crippen molar-refractivity contribution in [1.29, 1.82) is 0 Å². The van der Waals surface area contributed by atoms with Gasteiger partial charge in [-0.1, -0.05) is 0 Å². The van der Waals surface area contributed by atoms with Crippen molar-refractivity contribution < 1.29 is 28.8 Å². The van der Waals surface area contributed by atoms with Crippen molar-refractivity contribution in [1.82, 2.24) is 0 Å². The standard InChI is InChI=1S/C6H10F2O4/c7-3-5(11)4(10)2(1-9)12-6(3)8/h2-6,9-11H,1H2/t2-,3+,4-,5-,6+/m1/s1. The summed E-state index contributed by atoms with van der Waals surface area (Å²) < 4.78 is 29.2. The zero-order chi connectivity index (χ0) is 9.30. The Kier molecular flexibility index (Phi) is 2.94. The van der Waals surface area contributed by atoms with Gasteiger partial charge in [0.2, 0.25) is 6.36 Å². The maximum absolute atomic E-state index is 12.5. The Morgan fingerprint density at radius 1 is 1.17 bits per heavy atom. The summed E-state index contributed by atoms with van der Waals surface area (Å²) in [6, 6.07) is 0. The van der Waals surface area contributed by atoms with Crippen molar-refractivity contribution in [3.63, 3.8) is 0 Å². The van der Waals surface area contributed by atoms with Crippen molar-refractivity contribution >= 4 is 0 Å². The van der Waals surface area contributed by atoms with Crippen LogP contribution in [0.1, 0.15) is 0 Å². The Morgan fingerprint density at radius 3 is 2.25 bits per heavy atom. The second-order valence-electron chi connectivity index (χ2n) is 2.63. The smallest absolute Gasteiger partial charge is 0.233 e. The molecule has 72 valence electrons. The van der Waals surface area contributed by atoms with Crippen LogP contribution in [0.2, 0.25) is 0 Å². The molecule has 0 aromatic carbocycles. The van der Waals surface area contributed by atoms with E-state index in [0.29, 0.717) is 0 Å². The lowest BCUT2D eigenvalue weighted by Gasteiger charge is -2.35. The van der Waals surface area contributed by atoms with Gasteiger partial charge in [0.15, 0.2) is 6.17 Å². The van der Waals surface area contributed by atoms with E-state index in [1.165, 1.54) is 0 Å². The van der Waals surface area contributed by atoms with Crippen LogP contribution in [0, 0.1) is 0 Å². The van der Waals surface area contributed by atoms with Gasteiger partial charge in [-0.3, -0.25) is 0 Å². The maximum atomic E-state index is 12.5. The Balaban J connectivity index is 2.63. The van der Waals surface area contributed by atoms with Crippen molar-refractivity contribution in [3.05, 3.63) is 0 Å². The minimum Gasteiger partial charge on any atom is -0.394 e. The fourth-order valence-electron chi connectivity index (χ4n) is 1.04. The predicted molar refractivity (Wildman–Crippen MR) is 33.8 cm³/mol. The van der Waals surface area contributed by atoms with Gasteiger partial charge < -0.3 is 20.1 Å². The Labute approximate surface area is 67.4 Å². The monoisotopic (exact) mass is 184 g/mol. The van der Waals surface area contributed by atoms with E-state index in [1.54, 1.807) is 0 Å². The highest BCUT2D eigenvalue weighted by Crippen LogP contribution is 2.23. The molecule has 1 rings (SSSR count). The summed E-state index contributed by atoms with van der Waals surface area (Å²) in [6.45, 7) is -0.661. The molecule has 1 aliphatic heterocycles. The summed E-state index contributed by atoms with van der Waals surface area (Å²) in [6.07, 6.45) is -9.24. The molecule has 1 saturated heterocycles. The molecule has 1 heterocycles. The summed E-state index contributed by atoms with van der Waals surface area (Å²) in [5, 5.41) is 26.3. The van der Waals surface area contributed by atoms with Gasteiger partial charge in [-0.15, -0.1) is 0 Å². The van der Waals surface area contributed by atoms with Gasteiger partial charge in [0.1, 0.15) is 18.3 Å². The molecule has 0 bridgehead atoms. The first kappa shape index (κ1) is 9.79. The zero-order valence-corrected chi connectivity index (χ0v) is 6.10. The topological polar surface area (TPSA) is 69.9 Å². The molecule has 12 heavy (non-hydrogen) atoms. The molecule has 4 nitrogen and oxygen atoms in total. The van der Waals surface area contributed by atoms with Gasteiger partial charge in [-0.2, -0.15) is 0 Å². The molecule has 0 aromatic rings. The van der Waals surface area contributed by atoms with Crippen LogP contribution in [0.15, 0.2) is 0 Å². The molecule has 5 atom stereocenters. The minimum absolute atomic E-state index is 0.661. The fourth-order valence-corrected chi connectivity index (χ4v) is 1.04. The molecule has 0 amide bonds. The van der Waals surface area contributed by atoms with Crippen molar-refractivity contribution in [3.8, 4) is 0 Å². The summed E-state index contributed by atoms with van der Waals surface area (Å²) in [5.74, 6) is 0. The first-order valence-electron chi connectivity index (χ1n) is 3.48. The van der Waals surface area contributed by atoms with Gasteiger partial charge in [0.05, 0.1) is 6.61 Å². The summed E-state index contributed by atoms with van der Waals surface area (Å²) in [7, 11) is 0. The molecule has 0 radical (unpaired) electrons. The summed E-state index contributed by atoms with van der Waals surface area (Å²) in [4.78, 5) is 0. The third-order valence-electron chi connectivity index (χ3n) is 1.79. The third-order valence-corrected chi connectivity index (χ3v) is 1.79. The number of aliphatic hydroxyl groups is 3. The van der Waals surface area contributed by atoms with E-state index in [4.69, 9.17) is 15.3 Å². The van der Waals surface area contributed by atoms with Crippen LogP contribution in [0.25, 0.3) is 0 Å². The zero-order valence-electron chi connectivity index (χ0n) is 6.10. The quantitative estimate of drug-likeness (QED) is 0.475. The Morgan fingerprint density at radius 2 is 1.75 bits per heavy atom. The molecule has 0 spiro atoms. The molecule has 6 heteroatoms. The molecule has 1 aliphatic rings. The summed E-state index contributed by atoms with van der Waals surface area (Å²) >= 11 is 0. The highest BCUT2D eigenvalue weighted by molar-refractivity contribution is 4.88. The fraction of sp³-hybridized carbons (Fsp3) is 1.00. The predicted octanol–water partition coefficient (Wildman–Crippen LogP) is -1.27. The molecule has 0 saturated carbocycles. The number of hydrogen-bond acceptors (Lipinski definition) is 4. The van der Waals surface area contributed by atoms with Gasteiger partial charge in [0.25, 0.3) is 0 Å². The van der Waals surface area contributed by atoms with E-state index in [1.807, 2.05) is 0 Å². The Hall–Kier alpha value is -0.300. The van der Waals surface area contributed by atoms with Crippen molar-refractivity contribution in [2.45, 2.75) is 30.8 Å². The largest absolute Gasteiger partial charge is 0.394 e. The van der Waals surface area contributed by atoms with Crippen LogP contribution < -0.4 is 0 Å². The molecular weight excluding hydrogens is 174 g/mol. The van der Waals surface area contributed by atoms with E-state index in [2.05, 4.69) is 4.74 Å². The highest BCUT2D eigenvalue weighted by atomic mass is 19.2. The van der Waals surface area contributed by atoms with Crippen LogP contribution in [-0.2, 0) is 4.74 Å². The Bertz CT molecular complexity index is 152. The van der Waals surface area contributed by atoms with Crippen LogP contribution >= 0.6 is 0 Å². The van der Waals surface area contributed by atoms with E-state index in [0.717, 1.165) is 0 Å². The first-order valence-corrected chi connectivity index (χ1v) is 3.48. The number of alkyl halides is 2. The second kappa shape index (κ2) is 3.61. The van der Waals surface area contributed by atoms with Gasteiger partial charge >= 0.3 is 0 Å². The first-order chi connectivity index (χ1) is 5.57. The number of halogens is 2. The summed E-state index contributed by atoms with van der Waals surface area (Å²) in [5.41, 5.74) is 0. The highest BCUT2D eigenvalue weighted by Gasteiger charge is 2.44. The SMILES string of the molecule is OC[C@H]1O[C@H](F)[C@@H](F)[C@@H](O)[C@@H]1O. The third kappa shape index (κ3) is 1.56. The van der Waals surface area contributed by atoms with Gasteiger partial charge in [-0.05, 0) is 0 Å². The number of aliphatic hydroxyl groups excluding tert-OH is 3. The molecule has 0 aliphatic carbocycles. The normalized spacial score (nSPS) is 49.2. The van der Waals surface area contributed by atoms with Crippen molar-refractivity contribution in [2.24, 2.45) is 0 Å². The van der Waals surface area contributed by atoms with Crippen LogP contribution in [0.3, 0.4) is 0 Å². The number of ether oxygens (including phenoxy) is 1. The van der Waals surface area contributed by atoms with Crippen LogP contribution in [-0.4, -0.2) is 52.8 Å². The molecule has 0 aromatic heterocycles. The van der Waals surface area contributed by atoms with Crippen LogP contribution in [0.5, 0.6) is 0 Å². The van der Waals surface area contributed by atoms with E-state index < -0.39 is 37.4 Å². The minimum atomic E-state index is -2.29. The van der Waals surface area contributed by atoms with Crippen molar-refractivity contribution in [2.75, 3.05) is 6.61 Å². The van der Waals surface area contributed by atoms with E-state index in [-0.39, 0.29) is 0 Å². The number of hydrogen-bond donors (Lipinski definition) is 3. The van der Waals surface area contributed by atoms with Crippen LogP contribution in [0.4, 0.5) is 8.78 Å². The maximum Gasteiger partial charge on any atom is 0.233 e. The molecule has 0 unspecified atom stereocenters. The lowest BCUT2D eigenvalue weighted by Crippen LogP contribution is -2.55. The second-order valence-corrected chi connectivity index (χ2v) is 2.63. The number of rotatable bonds is 1. The lowest BCUT2D eigenvalue weighted by atomic mass is 10.0. The molecule has 1 fully saturated rings. The molecular formula is C6H10F2O4. The van der Waals surface area contributed by atoms with Gasteiger partial charge in [-0.25, -0.2) is 8.78 Å². The van der Waals surface area contributed by atoms with E-state index in [9.17, 15) is 8.78 Å².